The van der Waals surface area contributed by atoms with Gasteiger partial charge in [-0.1, -0.05) is 19.9 Å². The van der Waals surface area contributed by atoms with Crippen LogP contribution in [0.5, 0.6) is 11.5 Å². The minimum atomic E-state index is -0.133. The maximum absolute atomic E-state index is 11.7. The van der Waals surface area contributed by atoms with E-state index in [4.69, 9.17) is 14.2 Å². The van der Waals surface area contributed by atoms with Crippen LogP contribution in [0.4, 0.5) is 0 Å². The number of benzene rings is 1. The largest absolute Gasteiger partial charge is 0.466 e. The van der Waals surface area contributed by atoms with Crippen LogP contribution in [0.25, 0.3) is 0 Å². The number of carbonyl (C=O) groups is 1. The van der Waals surface area contributed by atoms with Crippen molar-refractivity contribution in [1.29, 1.82) is 0 Å². The average molecular weight is 264 g/mol. The third kappa shape index (κ3) is 3.40. The summed E-state index contributed by atoms with van der Waals surface area (Å²) in [5, 5.41) is 0. The highest BCUT2D eigenvalue weighted by molar-refractivity contribution is 5.70. The highest BCUT2D eigenvalue weighted by atomic mass is 16.7. The van der Waals surface area contributed by atoms with Gasteiger partial charge >= 0.3 is 5.97 Å². The van der Waals surface area contributed by atoms with Crippen LogP contribution < -0.4 is 9.47 Å². The fourth-order valence-corrected chi connectivity index (χ4v) is 2.14. The molecule has 0 bridgehead atoms. The quantitative estimate of drug-likeness (QED) is 0.740. The summed E-state index contributed by atoms with van der Waals surface area (Å²) in [5.41, 5.74) is 1.10. The summed E-state index contributed by atoms with van der Waals surface area (Å²) in [5.74, 6) is 1.57. The van der Waals surface area contributed by atoms with Crippen molar-refractivity contribution in [2.24, 2.45) is 0 Å². The van der Waals surface area contributed by atoms with Crippen molar-refractivity contribution in [2.75, 3.05) is 13.4 Å². The maximum Gasteiger partial charge on any atom is 0.306 e. The van der Waals surface area contributed by atoms with E-state index in [1.165, 1.54) is 0 Å². The zero-order valence-electron chi connectivity index (χ0n) is 11.5. The fourth-order valence-electron chi connectivity index (χ4n) is 2.14. The predicted molar refractivity (Wildman–Crippen MR) is 71.5 cm³/mol. The van der Waals surface area contributed by atoms with Crippen LogP contribution in [-0.2, 0) is 9.53 Å². The third-order valence-electron chi connectivity index (χ3n) is 3.24. The molecular weight excluding hydrogens is 244 g/mol. The lowest BCUT2D eigenvalue weighted by atomic mass is 9.93. The van der Waals surface area contributed by atoms with Crippen molar-refractivity contribution < 1.29 is 19.0 Å². The first-order valence-corrected chi connectivity index (χ1v) is 6.79. The summed E-state index contributed by atoms with van der Waals surface area (Å²) in [6, 6.07) is 5.86. The fraction of sp³-hybridized carbons (Fsp3) is 0.533. The van der Waals surface area contributed by atoms with Crippen LogP contribution in [0.3, 0.4) is 0 Å². The van der Waals surface area contributed by atoms with Crippen molar-refractivity contribution in [2.45, 2.75) is 39.0 Å². The predicted octanol–water partition coefficient (Wildman–Crippen LogP) is 3.25. The van der Waals surface area contributed by atoms with Gasteiger partial charge in [-0.25, -0.2) is 0 Å². The van der Waals surface area contributed by atoms with E-state index in [2.05, 4.69) is 6.92 Å². The second-order valence-electron chi connectivity index (χ2n) is 4.64. The average Bonchev–Trinajstić information content (AvgIpc) is 2.89. The molecule has 0 aliphatic carbocycles. The number of carbonyl (C=O) groups excluding carboxylic acids is 1. The first kappa shape index (κ1) is 13.7. The smallest absolute Gasteiger partial charge is 0.306 e. The lowest BCUT2D eigenvalue weighted by Gasteiger charge is -2.15. The van der Waals surface area contributed by atoms with Gasteiger partial charge in [0.1, 0.15) is 0 Å². The van der Waals surface area contributed by atoms with Crippen molar-refractivity contribution in [3.8, 4) is 11.5 Å². The van der Waals surface area contributed by atoms with E-state index < -0.39 is 0 Å². The van der Waals surface area contributed by atoms with Gasteiger partial charge < -0.3 is 14.2 Å². The molecule has 0 aromatic heterocycles. The summed E-state index contributed by atoms with van der Waals surface area (Å²) in [6.07, 6.45) is 2.16. The van der Waals surface area contributed by atoms with E-state index in [0.29, 0.717) is 13.0 Å². The van der Waals surface area contributed by atoms with Gasteiger partial charge in [0.05, 0.1) is 13.0 Å². The van der Waals surface area contributed by atoms with Crippen LogP contribution in [0, 0.1) is 0 Å². The van der Waals surface area contributed by atoms with E-state index in [1.807, 2.05) is 25.1 Å². The van der Waals surface area contributed by atoms with Crippen molar-refractivity contribution in [3.05, 3.63) is 23.8 Å². The number of ether oxygens (including phenoxy) is 3. The van der Waals surface area contributed by atoms with Crippen LogP contribution >= 0.6 is 0 Å². The van der Waals surface area contributed by atoms with Crippen molar-refractivity contribution in [3.63, 3.8) is 0 Å². The Bertz CT molecular complexity index is 442. The molecule has 4 heteroatoms. The Morgan fingerprint density at radius 2 is 2.11 bits per heavy atom. The standard InChI is InChI=1S/C15H20O4/c1-3-7-17-15(16)9-11(4-2)12-5-6-13-14(8-12)19-10-18-13/h5-6,8,11H,3-4,7,9-10H2,1-2H3. The Morgan fingerprint density at radius 1 is 1.32 bits per heavy atom. The van der Waals surface area contributed by atoms with Gasteiger partial charge in [0.15, 0.2) is 11.5 Å². The molecule has 1 unspecified atom stereocenters. The molecule has 0 N–H and O–H groups in total. The molecule has 0 saturated heterocycles. The molecule has 104 valence electrons. The molecule has 1 atom stereocenters. The summed E-state index contributed by atoms with van der Waals surface area (Å²) < 4.78 is 15.8. The Kier molecular flexibility index (Phi) is 4.66. The third-order valence-corrected chi connectivity index (χ3v) is 3.24. The van der Waals surface area contributed by atoms with E-state index in [1.54, 1.807) is 0 Å². The summed E-state index contributed by atoms with van der Waals surface area (Å²) in [7, 11) is 0. The monoisotopic (exact) mass is 264 g/mol. The molecule has 1 aliphatic heterocycles. The highest BCUT2D eigenvalue weighted by Crippen LogP contribution is 2.36. The van der Waals surface area contributed by atoms with Crippen LogP contribution in [-0.4, -0.2) is 19.4 Å². The number of esters is 1. The maximum atomic E-state index is 11.7. The summed E-state index contributed by atoms with van der Waals surface area (Å²) in [6.45, 7) is 4.83. The molecule has 0 saturated carbocycles. The zero-order valence-corrected chi connectivity index (χ0v) is 11.5. The van der Waals surface area contributed by atoms with Crippen LogP contribution in [0.2, 0.25) is 0 Å². The first-order valence-electron chi connectivity index (χ1n) is 6.79. The van der Waals surface area contributed by atoms with Gasteiger partial charge in [-0.15, -0.1) is 0 Å². The number of hydrogen-bond donors (Lipinski definition) is 0. The second kappa shape index (κ2) is 6.45. The Balaban J connectivity index is 2.03. The number of hydrogen-bond acceptors (Lipinski definition) is 4. The van der Waals surface area contributed by atoms with Gasteiger partial charge in [-0.2, -0.15) is 0 Å². The van der Waals surface area contributed by atoms with Crippen molar-refractivity contribution in [1.82, 2.24) is 0 Å². The zero-order chi connectivity index (χ0) is 13.7. The van der Waals surface area contributed by atoms with Crippen LogP contribution in [0.1, 0.15) is 44.6 Å². The lowest BCUT2D eigenvalue weighted by molar-refractivity contribution is -0.144. The summed E-state index contributed by atoms with van der Waals surface area (Å²) >= 11 is 0. The molecule has 4 nitrogen and oxygen atoms in total. The molecule has 1 aromatic carbocycles. The molecule has 19 heavy (non-hydrogen) atoms. The SMILES string of the molecule is CCCOC(=O)CC(CC)c1ccc2c(c1)OCO2. The number of rotatable bonds is 6. The van der Waals surface area contributed by atoms with E-state index in [9.17, 15) is 4.79 Å². The van der Waals surface area contributed by atoms with E-state index >= 15 is 0 Å². The molecule has 0 fully saturated rings. The van der Waals surface area contributed by atoms with E-state index in [0.717, 1.165) is 29.9 Å². The molecule has 1 aliphatic rings. The Morgan fingerprint density at radius 3 is 2.84 bits per heavy atom. The molecule has 1 heterocycles. The minimum absolute atomic E-state index is 0.133. The van der Waals surface area contributed by atoms with Gasteiger partial charge in [0.2, 0.25) is 6.79 Å². The lowest BCUT2D eigenvalue weighted by Crippen LogP contribution is -2.10. The topological polar surface area (TPSA) is 44.8 Å². The molecule has 0 radical (unpaired) electrons. The summed E-state index contributed by atoms with van der Waals surface area (Å²) in [4.78, 5) is 11.7. The molecule has 1 aromatic rings. The van der Waals surface area contributed by atoms with E-state index in [-0.39, 0.29) is 18.7 Å². The van der Waals surface area contributed by atoms with Crippen molar-refractivity contribution >= 4 is 5.97 Å². The van der Waals surface area contributed by atoms with Gasteiger partial charge in [-0.3, -0.25) is 4.79 Å². The Labute approximate surface area is 113 Å². The minimum Gasteiger partial charge on any atom is -0.466 e. The highest BCUT2D eigenvalue weighted by Gasteiger charge is 2.19. The van der Waals surface area contributed by atoms with Crippen LogP contribution in [0.15, 0.2) is 18.2 Å². The Hall–Kier alpha value is -1.71. The number of fused-ring (bicyclic) bond motifs is 1. The molecular formula is C15H20O4. The van der Waals surface area contributed by atoms with Gasteiger partial charge in [0, 0.05) is 0 Å². The molecule has 2 rings (SSSR count). The normalized spacial score (nSPS) is 14.2. The second-order valence-corrected chi connectivity index (χ2v) is 4.64. The molecule has 0 amide bonds. The first-order chi connectivity index (χ1) is 9.24. The van der Waals surface area contributed by atoms with Gasteiger partial charge in [0.25, 0.3) is 0 Å². The van der Waals surface area contributed by atoms with Gasteiger partial charge in [-0.05, 0) is 36.5 Å². The molecule has 0 spiro atoms.